The van der Waals surface area contributed by atoms with Crippen LogP contribution in [0.15, 0.2) is 40.9 Å². The SMILES string of the molecule is CCCc1ccc(Oc2ccc(Br)c(C)n2)cc1. The quantitative estimate of drug-likeness (QED) is 0.801. The van der Waals surface area contributed by atoms with E-state index in [1.807, 2.05) is 31.2 Å². The minimum atomic E-state index is 0.624. The summed E-state index contributed by atoms with van der Waals surface area (Å²) < 4.78 is 6.71. The van der Waals surface area contributed by atoms with Gasteiger partial charge in [-0.3, -0.25) is 0 Å². The van der Waals surface area contributed by atoms with E-state index in [4.69, 9.17) is 4.74 Å². The zero-order valence-corrected chi connectivity index (χ0v) is 12.2. The van der Waals surface area contributed by atoms with Gasteiger partial charge in [0, 0.05) is 10.5 Å². The molecule has 0 N–H and O–H groups in total. The van der Waals surface area contributed by atoms with Crippen molar-refractivity contribution >= 4 is 15.9 Å². The first-order valence-corrected chi connectivity index (χ1v) is 6.88. The molecule has 0 bridgehead atoms. The number of aryl methyl sites for hydroxylation is 2. The van der Waals surface area contributed by atoms with Crippen molar-refractivity contribution in [1.29, 1.82) is 0 Å². The topological polar surface area (TPSA) is 22.1 Å². The van der Waals surface area contributed by atoms with Gasteiger partial charge in [0.2, 0.25) is 5.88 Å². The average molecular weight is 306 g/mol. The largest absolute Gasteiger partial charge is 0.439 e. The van der Waals surface area contributed by atoms with Gasteiger partial charge < -0.3 is 4.74 Å². The van der Waals surface area contributed by atoms with Crippen molar-refractivity contribution in [3.05, 3.63) is 52.1 Å². The summed E-state index contributed by atoms with van der Waals surface area (Å²) in [5.74, 6) is 1.45. The van der Waals surface area contributed by atoms with E-state index in [2.05, 4.69) is 40.0 Å². The molecule has 0 spiro atoms. The van der Waals surface area contributed by atoms with Crippen LogP contribution in [0, 0.1) is 6.92 Å². The van der Waals surface area contributed by atoms with E-state index in [0.29, 0.717) is 5.88 Å². The molecular formula is C15H16BrNO. The van der Waals surface area contributed by atoms with Crippen LogP contribution in [0.2, 0.25) is 0 Å². The Balaban J connectivity index is 2.10. The van der Waals surface area contributed by atoms with Gasteiger partial charge in [-0.05, 0) is 53.0 Å². The van der Waals surface area contributed by atoms with Gasteiger partial charge in [0.25, 0.3) is 0 Å². The minimum Gasteiger partial charge on any atom is -0.439 e. The second-order valence-electron chi connectivity index (χ2n) is 4.21. The maximum atomic E-state index is 5.72. The first-order valence-electron chi connectivity index (χ1n) is 6.09. The Kier molecular flexibility index (Phi) is 4.37. The van der Waals surface area contributed by atoms with E-state index >= 15 is 0 Å². The van der Waals surface area contributed by atoms with Crippen molar-refractivity contribution in [2.75, 3.05) is 0 Å². The normalized spacial score (nSPS) is 10.4. The summed E-state index contributed by atoms with van der Waals surface area (Å²) in [7, 11) is 0. The van der Waals surface area contributed by atoms with Crippen molar-refractivity contribution in [1.82, 2.24) is 4.98 Å². The van der Waals surface area contributed by atoms with Gasteiger partial charge in [-0.2, -0.15) is 0 Å². The molecule has 0 aliphatic rings. The molecule has 3 heteroatoms. The summed E-state index contributed by atoms with van der Waals surface area (Å²) >= 11 is 3.42. The zero-order chi connectivity index (χ0) is 13.0. The Bertz CT molecular complexity index is 523. The fourth-order valence-corrected chi connectivity index (χ4v) is 1.93. The molecule has 0 aliphatic carbocycles. The van der Waals surface area contributed by atoms with E-state index < -0.39 is 0 Å². The summed E-state index contributed by atoms with van der Waals surface area (Å²) in [5, 5.41) is 0. The van der Waals surface area contributed by atoms with Crippen LogP contribution in [0.3, 0.4) is 0 Å². The van der Waals surface area contributed by atoms with Gasteiger partial charge in [-0.25, -0.2) is 4.98 Å². The van der Waals surface area contributed by atoms with E-state index in [1.165, 1.54) is 5.56 Å². The molecule has 0 saturated heterocycles. The number of rotatable bonds is 4. The third-order valence-electron chi connectivity index (χ3n) is 2.68. The highest BCUT2D eigenvalue weighted by atomic mass is 79.9. The monoisotopic (exact) mass is 305 g/mol. The van der Waals surface area contributed by atoms with Crippen LogP contribution >= 0.6 is 15.9 Å². The van der Waals surface area contributed by atoms with E-state index in [1.54, 1.807) is 0 Å². The molecule has 2 nitrogen and oxygen atoms in total. The number of benzene rings is 1. The standard InChI is InChI=1S/C15H16BrNO/c1-3-4-12-5-7-13(8-6-12)18-15-10-9-14(16)11(2)17-15/h5-10H,3-4H2,1-2H3. The molecule has 0 radical (unpaired) electrons. The summed E-state index contributed by atoms with van der Waals surface area (Å²) in [6, 6.07) is 12.0. The minimum absolute atomic E-state index is 0.624. The van der Waals surface area contributed by atoms with E-state index in [0.717, 1.165) is 28.8 Å². The van der Waals surface area contributed by atoms with Crippen LogP contribution in [-0.2, 0) is 6.42 Å². The Morgan fingerprint density at radius 3 is 2.44 bits per heavy atom. The number of pyridine rings is 1. The van der Waals surface area contributed by atoms with E-state index in [9.17, 15) is 0 Å². The third kappa shape index (κ3) is 3.33. The number of aromatic nitrogens is 1. The Labute approximate surface area is 116 Å². The van der Waals surface area contributed by atoms with Crippen molar-refractivity contribution in [2.24, 2.45) is 0 Å². The first kappa shape index (κ1) is 13.1. The number of ether oxygens (including phenoxy) is 1. The van der Waals surface area contributed by atoms with Crippen molar-refractivity contribution in [3.8, 4) is 11.6 Å². The second-order valence-corrected chi connectivity index (χ2v) is 5.07. The maximum absolute atomic E-state index is 5.72. The Morgan fingerprint density at radius 1 is 1.11 bits per heavy atom. The summed E-state index contributed by atoms with van der Waals surface area (Å²) in [6.45, 7) is 4.13. The van der Waals surface area contributed by atoms with Crippen LogP contribution in [-0.4, -0.2) is 4.98 Å². The van der Waals surface area contributed by atoms with Crippen LogP contribution in [0.4, 0.5) is 0 Å². The van der Waals surface area contributed by atoms with Gasteiger partial charge in [0.05, 0.1) is 5.69 Å². The molecular weight excluding hydrogens is 290 g/mol. The van der Waals surface area contributed by atoms with Gasteiger partial charge in [-0.15, -0.1) is 0 Å². The predicted octanol–water partition coefficient (Wildman–Crippen LogP) is 4.90. The lowest BCUT2D eigenvalue weighted by atomic mass is 10.1. The number of nitrogens with zero attached hydrogens (tertiary/aromatic N) is 1. The summed E-state index contributed by atoms with van der Waals surface area (Å²) in [5.41, 5.74) is 2.26. The average Bonchev–Trinajstić information content (AvgIpc) is 2.37. The molecule has 0 atom stereocenters. The van der Waals surface area contributed by atoms with Crippen molar-refractivity contribution in [3.63, 3.8) is 0 Å². The lowest BCUT2D eigenvalue weighted by Gasteiger charge is -2.07. The molecule has 18 heavy (non-hydrogen) atoms. The van der Waals surface area contributed by atoms with Crippen molar-refractivity contribution in [2.45, 2.75) is 26.7 Å². The first-order chi connectivity index (χ1) is 8.69. The number of halogens is 1. The molecule has 94 valence electrons. The molecule has 0 aliphatic heterocycles. The van der Waals surface area contributed by atoms with Crippen LogP contribution in [0.25, 0.3) is 0 Å². The van der Waals surface area contributed by atoms with E-state index in [-0.39, 0.29) is 0 Å². The molecule has 2 aromatic rings. The predicted molar refractivity (Wildman–Crippen MR) is 77.2 cm³/mol. The third-order valence-corrected chi connectivity index (χ3v) is 3.52. The van der Waals surface area contributed by atoms with Crippen molar-refractivity contribution < 1.29 is 4.74 Å². The van der Waals surface area contributed by atoms with Gasteiger partial charge >= 0.3 is 0 Å². The second kappa shape index (κ2) is 6.01. The molecule has 1 heterocycles. The van der Waals surface area contributed by atoms with Crippen LogP contribution in [0.1, 0.15) is 24.6 Å². The highest BCUT2D eigenvalue weighted by Crippen LogP contribution is 2.23. The lowest BCUT2D eigenvalue weighted by Crippen LogP contribution is -1.91. The Morgan fingerprint density at radius 2 is 1.83 bits per heavy atom. The van der Waals surface area contributed by atoms with Crippen LogP contribution < -0.4 is 4.74 Å². The molecule has 0 amide bonds. The Hall–Kier alpha value is -1.35. The zero-order valence-electron chi connectivity index (χ0n) is 10.6. The maximum Gasteiger partial charge on any atom is 0.219 e. The van der Waals surface area contributed by atoms with Crippen LogP contribution in [0.5, 0.6) is 11.6 Å². The van der Waals surface area contributed by atoms with Gasteiger partial charge in [-0.1, -0.05) is 25.5 Å². The molecule has 0 saturated carbocycles. The summed E-state index contributed by atoms with van der Waals surface area (Å²) in [4.78, 5) is 4.36. The molecule has 0 unspecified atom stereocenters. The molecule has 0 fully saturated rings. The molecule has 2 rings (SSSR count). The highest BCUT2D eigenvalue weighted by Gasteiger charge is 2.02. The molecule has 1 aromatic heterocycles. The fraction of sp³-hybridized carbons (Fsp3) is 0.267. The van der Waals surface area contributed by atoms with Gasteiger partial charge in [0.1, 0.15) is 5.75 Å². The smallest absolute Gasteiger partial charge is 0.219 e. The summed E-state index contributed by atoms with van der Waals surface area (Å²) in [6.07, 6.45) is 2.27. The molecule has 1 aromatic carbocycles. The fourth-order valence-electron chi connectivity index (χ4n) is 1.71. The highest BCUT2D eigenvalue weighted by molar-refractivity contribution is 9.10. The van der Waals surface area contributed by atoms with Gasteiger partial charge in [0.15, 0.2) is 0 Å². The number of hydrogen-bond acceptors (Lipinski definition) is 2. The lowest BCUT2D eigenvalue weighted by molar-refractivity contribution is 0.461. The number of hydrogen-bond donors (Lipinski definition) is 0.